The van der Waals surface area contributed by atoms with E-state index in [4.69, 9.17) is 11.6 Å². The van der Waals surface area contributed by atoms with Gasteiger partial charge in [-0.1, -0.05) is 23.7 Å². The van der Waals surface area contributed by atoms with E-state index >= 15 is 0 Å². The van der Waals surface area contributed by atoms with Crippen molar-refractivity contribution in [1.29, 1.82) is 0 Å². The number of pyridine rings is 1. The monoisotopic (exact) mass is 417 g/mol. The summed E-state index contributed by atoms with van der Waals surface area (Å²) in [5.74, 6) is -0.0482. The highest BCUT2D eigenvalue weighted by atomic mass is 35.5. The number of hydrogen-bond donors (Lipinski definition) is 3. The van der Waals surface area contributed by atoms with E-state index in [1.807, 2.05) is 0 Å². The lowest BCUT2D eigenvalue weighted by molar-refractivity contribution is -0.115. The molecule has 7 nitrogen and oxygen atoms in total. The molecule has 4 rings (SSSR count). The molecule has 0 atom stereocenters. The van der Waals surface area contributed by atoms with E-state index in [-0.39, 0.29) is 29.9 Å². The molecule has 1 aliphatic heterocycles. The minimum Gasteiger partial charge on any atom is -0.435 e. The maximum Gasteiger partial charge on any atom is 0.387 e. The molecule has 1 aliphatic rings. The van der Waals surface area contributed by atoms with Gasteiger partial charge in [0.05, 0.1) is 5.02 Å². The van der Waals surface area contributed by atoms with Gasteiger partial charge in [-0.2, -0.15) is 8.78 Å². The molecule has 10 heteroatoms. The molecule has 0 fully saturated rings. The van der Waals surface area contributed by atoms with Crippen LogP contribution in [0.1, 0.15) is 11.1 Å². The summed E-state index contributed by atoms with van der Waals surface area (Å²) in [6.07, 6.45) is 4.86. The van der Waals surface area contributed by atoms with Gasteiger partial charge in [0.25, 0.3) is 5.91 Å². The number of ether oxygens (including phenoxy) is 1. The number of benzene rings is 1. The van der Waals surface area contributed by atoms with Crippen molar-refractivity contribution in [3.63, 3.8) is 0 Å². The summed E-state index contributed by atoms with van der Waals surface area (Å²) in [6.45, 7) is -2.63. The van der Waals surface area contributed by atoms with Gasteiger partial charge in [0, 0.05) is 29.9 Å². The Labute approximate surface area is 168 Å². The molecule has 1 amide bonds. The molecule has 0 saturated carbocycles. The lowest BCUT2D eigenvalue weighted by Crippen LogP contribution is -2.35. The van der Waals surface area contributed by atoms with Gasteiger partial charge >= 0.3 is 6.61 Å². The molecule has 148 valence electrons. The van der Waals surface area contributed by atoms with Crippen LogP contribution in [0, 0.1) is 0 Å². The van der Waals surface area contributed by atoms with Gasteiger partial charge in [0.1, 0.15) is 17.1 Å². The fraction of sp³-hybridized carbons (Fsp3) is 0.105. The fourth-order valence-electron chi connectivity index (χ4n) is 2.83. The number of fused-ring (bicyclic) bond motifs is 1. The fourth-order valence-corrected chi connectivity index (χ4v) is 2.99. The van der Waals surface area contributed by atoms with E-state index in [1.165, 1.54) is 18.3 Å². The number of aromatic amines is 1. The maximum absolute atomic E-state index is 12.3. The second-order valence-electron chi connectivity index (χ2n) is 6.12. The summed E-state index contributed by atoms with van der Waals surface area (Å²) in [4.78, 5) is 23.6. The summed E-state index contributed by atoms with van der Waals surface area (Å²) in [6, 6.07) is 8.01. The Morgan fingerprint density at radius 3 is 3.00 bits per heavy atom. The lowest BCUT2D eigenvalue weighted by Gasteiger charge is -2.08. The van der Waals surface area contributed by atoms with Gasteiger partial charge in [-0.3, -0.25) is 10.1 Å². The highest BCUT2D eigenvalue weighted by Gasteiger charge is 2.20. The van der Waals surface area contributed by atoms with Crippen LogP contribution in [0.5, 0.6) is 5.75 Å². The molecule has 1 aromatic carbocycles. The number of aliphatic imine (C=N–C) groups is 1. The van der Waals surface area contributed by atoms with Crippen molar-refractivity contribution < 1.29 is 18.3 Å². The first-order chi connectivity index (χ1) is 14.0. The minimum atomic E-state index is -2.89. The van der Waals surface area contributed by atoms with Crippen molar-refractivity contribution in [2.45, 2.75) is 13.2 Å². The number of alkyl halides is 2. The molecule has 3 aromatic rings. The predicted octanol–water partition coefficient (Wildman–Crippen LogP) is 3.43. The Morgan fingerprint density at radius 2 is 2.17 bits per heavy atom. The number of amides is 1. The number of rotatable bonds is 5. The predicted molar refractivity (Wildman–Crippen MR) is 105 cm³/mol. The van der Waals surface area contributed by atoms with Crippen LogP contribution in [-0.2, 0) is 11.3 Å². The molecule has 3 heterocycles. The van der Waals surface area contributed by atoms with Crippen LogP contribution < -0.4 is 15.4 Å². The van der Waals surface area contributed by atoms with Crippen molar-refractivity contribution in [3.8, 4) is 5.75 Å². The number of halogens is 3. The first kappa shape index (κ1) is 18.9. The molecule has 0 saturated heterocycles. The van der Waals surface area contributed by atoms with Gasteiger partial charge in [-0.05, 0) is 29.8 Å². The summed E-state index contributed by atoms with van der Waals surface area (Å²) >= 11 is 5.99. The molecule has 0 aliphatic carbocycles. The molecule has 0 bridgehead atoms. The van der Waals surface area contributed by atoms with E-state index in [9.17, 15) is 13.6 Å². The molecule has 0 spiro atoms. The van der Waals surface area contributed by atoms with Crippen LogP contribution in [0.25, 0.3) is 17.1 Å². The minimum absolute atomic E-state index is 0.0592. The summed E-state index contributed by atoms with van der Waals surface area (Å²) < 4.78 is 29.0. The third-order valence-electron chi connectivity index (χ3n) is 4.10. The molecular formula is C19H14ClF2N5O2. The number of aromatic nitrogens is 2. The van der Waals surface area contributed by atoms with E-state index in [0.29, 0.717) is 16.2 Å². The second-order valence-corrected chi connectivity index (χ2v) is 6.55. The van der Waals surface area contributed by atoms with E-state index in [1.54, 1.807) is 30.5 Å². The van der Waals surface area contributed by atoms with Crippen LogP contribution in [0.2, 0.25) is 5.02 Å². The first-order valence-electron chi connectivity index (χ1n) is 8.50. The van der Waals surface area contributed by atoms with Crippen LogP contribution in [0.15, 0.2) is 53.4 Å². The maximum atomic E-state index is 12.3. The average Bonchev–Trinajstić information content (AvgIpc) is 3.23. The Kier molecular flexibility index (Phi) is 5.13. The smallest absolute Gasteiger partial charge is 0.387 e. The average molecular weight is 418 g/mol. The van der Waals surface area contributed by atoms with Crippen LogP contribution in [-0.4, -0.2) is 28.4 Å². The number of carbonyl (C=O) groups excluding carboxylic acids is 1. The largest absolute Gasteiger partial charge is 0.435 e. The van der Waals surface area contributed by atoms with Crippen LogP contribution in [0.3, 0.4) is 0 Å². The number of hydrogen-bond acceptors (Lipinski definition) is 5. The Morgan fingerprint density at radius 1 is 1.31 bits per heavy atom. The van der Waals surface area contributed by atoms with Gasteiger partial charge in [0.15, 0.2) is 0 Å². The highest BCUT2D eigenvalue weighted by molar-refractivity contribution is 6.31. The van der Waals surface area contributed by atoms with E-state index in [2.05, 4.69) is 30.3 Å². The van der Waals surface area contributed by atoms with Gasteiger partial charge in [-0.15, -0.1) is 0 Å². The van der Waals surface area contributed by atoms with Crippen molar-refractivity contribution in [2.75, 3.05) is 0 Å². The van der Waals surface area contributed by atoms with Crippen LogP contribution in [0.4, 0.5) is 8.78 Å². The van der Waals surface area contributed by atoms with Crippen LogP contribution >= 0.6 is 11.6 Å². The molecule has 3 N–H and O–H groups in total. The Bertz CT molecular complexity index is 1140. The number of carbonyl (C=O) groups is 1. The summed E-state index contributed by atoms with van der Waals surface area (Å²) in [7, 11) is 0. The topological polar surface area (TPSA) is 91.4 Å². The zero-order chi connectivity index (χ0) is 20.4. The van der Waals surface area contributed by atoms with Crippen molar-refractivity contribution in [3.05, 3.63) is 64.6 Å². The SMILES string of the molecule is O=C1NC(NCc2cccc(OC(F)F)c2)=N/C1=C\c1c[nH]c2ncc(Cl)cc12. The molecule has 0 unspecified atom stereocenters. The Hall–Kier alpha value is -3.46. The highest BCUT2D eigenvalue weighted by Crippen LogP contribution is 2.23. The van der Waals surface area contributed by atoms with E-state index in [0.717, 1.165) is 10.9 Å². The number of nitrogens with one attached hydrogen (secondary N) is 3. The quantitative estimate of drug-likeness (QED) is 0.555. The number of nitrogens with zero attached hydrogens (tertiary/aromatic N) is 2. The van der Waals surface area contributed by atoms with E-state index < -0.39 is 6.61 Å². The summed E-state index contributed by atoms with van der Waals surface area (Å²) in [5, 5.41) is 6.83. The Balaban J connectivity index is 1.49. The number of guanidine groups is 1. The van der Waals surface area contributed by atoms with Crippen molar-refractivity contribution in [2.24, 2.45) is 4.99 Å². The number of H-pyrrole nitrogens is 1. The lowest BCUT2D eigenvalue weighted by atomic mass is 10.2. The first-order valence-corrected chi connectivity index (χ1v) is 8.88. The van der Waals surface area contributed by atoms with Gasteiger partial charge in [0.2, 0.25) is 5.96 Å². The molecule has 2 aromatic heterocycles. The second kappa shape index (κ2) is 7.88. The van der Waals surface area contributed by atoms with Crippen molar-refractivity contribution in [1.82, 2.24) is 20.6 Å². The molecular weight excluding hydrogens is 404 g/mol. The molecule has 29 heavy (non-hydrogen) atoms. The third kappa shape index (κ3) is 4.35. The van der Waals surface area contributed by atoms with Gasteiger partial charge < -0.3 is 15.0 Å². The summed E-state index contributed by atoms with van der Waals surface area (Å²) in [5.41, 5.74) is 2.27. The zero-order valence-electron chi connectivity index (χ0n) is 14.7. The molecule has 0 radical (unpaired) electrons. The van der Waals surface area contributed by atoms with Gasteiger partial charge in [-0.25, -0.2) is 9.98 Å². The standard InChI is InChI=1S/C19H14ClF2N5O2/c20-12-6-14-11(8-23-16(14)24-9-12)5-15-17(28)27-19(26-15)25-7-10-2-1-3-13(4-10)29-18(21)22/h1-6,8-9,18H,7H2,(H,23,24)(H2,25,26,27,28)/b15-5-. The van der Waals surface area contributed by atoms with Crippen molar-refractivity contribution >= 4 is 40.6 Å². The third-order valence-corrected chi connectivity index (χ3v) is 4.31. The normalized spacial score (nSPS) is 15.1. The zero-order valence-corrected chi connectivity index (χ0v) is 15.5.